The van der Waals surface area contributed by atoms with Gasteiger partial charge in [0.15, 0.2) is 0 Å². The molecule has 0 aliphatic carbocycles. The molecule has 0 bridgehead atoms. The fourth-order valence-corrected chi connectivity index (χ4v) is 2.51. The molecule has 0 amide bonds. The minimum Gasteiger partial charge on any atom is -0.380 e. The van der Waals surface area contributed by atoms with Gasteiger partial charge in [0.1, 0.15) is 0 Å². The van der Waals surface area contributed by atoms with Gasteiger partial charge in [-0.05, 0) is 45.0 Å². The maximum atomic E-state index is 5.45. The van der Waals surface area contributed by atoms with E-state index < -0.39 is 0 Å². The summed E-state index contributed by atoms with van der Waals surface area (Å²) in [5, 5.41) is 3.45. The summed E-state index contributed by atoms with van der Waals surface area (Å²) in [5.74, 6) is 0. The molecule has 1 rings (SSSR count). The van der Waals surface area contributed by atoms with Crippen LogP contribution in [0.5, 0.6) is 0 Å². The Morgan fingerprint density at radius 3 is 2.55 bits per heavy atom. The summed E-state index contributed by atoms with van der Waals surface area (Å²) in [4.78, 5) is 2.46. The molecule has 0 saturated carbocycles. The zero-order chi connectivity index (χ0) is 14.8. The second-order valence-electron chi connectivity index (χ2n) is 5.12. The predicted octanol–water partition coefficient (Wildman–Crippen LogP) is 3.00. The van der Waals surface area contributed by atoms with Crippen molar-refractivity contribution in [2.45, 2.75) is 33.2 Å². The van der Waals surface area contributed by atoms with Crippen molar-refractivity contribution in [3.8, 4) is 0 Å². The number of benzene rings is 1. The molecule has 0 aromatic heterocycles. The number of hydrogen-bond acceptors (Lipinski definition) is 3. The van der Waals surface area contributed by atoms with Gasteiger partial charge in [0.05, 0.1) is 6.61 Å². The zero-order valence-electron chi connectivity index (χ0n) is 13.5. The lowest BCUT2D eigenvalue weighted by atomic mass is 9.99. The van der Waals surface area contributed by atoms with Gasteiger partial charge in [0.25, 0.3) is 0 Å². The first-order valence-electron chi connectivity index (χ1n) is 7.75. The lowest BCUT2D eigenvalue weighted by Crippen LogP contribution is -2.31. The SMILES string of the molecule is CCOCCN(CC)CCC(NC)c1ccccc1C. The quantitative estimate of drug-likeness (QED) is 0.666. The Morgan fingerprint density at radius 2 is 1.95 bits per heavy atom. The van der Waals surface area contributed by atoms with Crippen molar-refractivity contribution in [2.24, 2.45) is 0 Å². The lowest BCUT2D eigenvalue weighted by Gasteiger charge is -2.24. The smallest absolute Gasteiger partial charge is 0.0593 e. The molecular formula is C17H30N2O. The van der Waals surface area contributed by atoms with E-state index in [1.807, 2.05) is 14.0 Å². The molecule has 0 aliphatic rings. The van der Waals surface area contributed by atoms with E-state index in [2.05, 4.69) is 48.3 Å². The van der Waals surface area contributed by atoms with Crippen LogP contribution < -0.4 is 5.32 Å². The molecular weight excluding hydrogens is 248 g/mol. The Morgan fingerprint density at radius 1 is 1.20 bits per heavy atom. The molecule has 1 N–H and O–H groups in total. The van der Waals surface area contributed by atoms with E-state index in [9.17, 15) is 0 Å². The highest BCUT2D eigenvalue weighted by Crippen LogP contribution is 2.20. The molecule has 1 atom stereocenters. The van der Waals surface area contributed by atoms with Crippen LogP contribution in [0.1, 0.15) is 37.4 Å². The molecule has 0 spiro atoms. The Kier molecular flexibility index (Phi) is 8.51. The summed E-state index contributed by atoms with van der Waals surface area (Å²) in [6.45, 7) is 11.3. The molecule has 0 saturated heterocycles. The molecule has 0 fully saturated rings. The van der Waals surface area contributed by atoms with Crippen LogP contribution in [0.2, 0.25) is 0 Å². The Hall–Kier alpha value is -0.900. The molecule has 114 valence electrons. The lowest BCUT2D eigenvalue weighted by molar-refractivity contribution is 0.113. The Labute approximate surface area is 124 Å². The van der Waals surface area contributed by atoms with Crippen LogP contribution in [0, 0.1) is 6.92 Å². The maximum Gasteiger partial charge on any atom is 0.0593 e. The minimum atomic E-state index is 0.428. The molecule has 1 aromatic rings. The van der Waals surface area contributed by atoms with Gasteiger partial charge >= 0.3 is 0 Å². The molecule has 1 unspecified atom stereocenters. The molecule has 3 nitrogen and oxygen atoms in total. The van der Waals surface area contributed by atoms with E-state index >= 15 is 0 Å². The molecule has 20 heavy (non-hydrogen) atoms. The minimum absolute atomic E-state index is 0.428. The summed E-state index contributed by atoms with van der Waals surface area (Å²) in [6, 6.07) is 9.07. The van der Waals surface area contributed by atoms with Gasteiger partial charge in [-0.2, -0.15) is 0 Å². The normalized spacial score (nSPS) is 12.8. The Balaban J connectivity index is 2.49. The average Bonchev–Trinajstić information content (AvgIpc) is 2.47. The van der Waals surface area contributed by atoms with Crippen molar-refractivity contribution in [2.75, 3.05) is 39.9 Å². The molecule has 0 heterocycles. The number of nitrogens with one attached hydrogen (secondary N) is 1. The second-order valence-corrected chi connectivity index (χ2v) is 5.12. The topological polar surface area (TPSA) is 24.5 Å². The third-order valence-electron chi connectivity index (χ3n) is 3.85. The van der Waals surface area contributed by atoms with Gasteiger partial charge in [-0.3, -0.25) is 0 Å². The first-order valence-corrected chi connectivity index (χ1v) is 7.75. The van der Waals surface area contributed by atoms with Crippen molar-refractivity contribution in [3.05, 3.63) is 35.4 Å². The van der Waals surface area contributed by atoms with Crippen molar-refractivity contribution in [1.82, 2.24) is 10.2 Å². The summed E-state index contributed by atoms with van der Waals surface area (Å²) in [6.07, 6.45) is 1.13. The van der Waals surface area contributed by atoms with Crippen LogP contribution in [0.3, 0.4) is 0 Å². The third-order valence-corrected chi connectivity index (χ3v) is 3.85. The number of rotatable bonds is 10. The van der Waals surface area contributed by atoms with Gasteiger partial charge in [-0.1, -0.05) is 31.2 Å². The summed E-state index contributed by atoms with van der Waals surface area (Å²) < 4.78 is 5.45. The first kappa shape index (κ1) is 17.2. The maximum absolute atomic E-state index is 5.45. The van der Waals surface area contributed by atoms with Gasteiger partial charge < -0.3 is 15.0 Å². The highest BCUT2D eigenvalue weighted by Gasteiger charge is 2.12. The summed E-state index contributed by atoms with van der Waals surface area (Å²) in [7, 11) is 2.05. The Bertz CT molecular complexity index is 368. The van der Waals surface area contributed by atoms with Crippen LogP contribution in [0.4, 0.5) is 0 Å². The van der Waals surface area contributed by atoms with Gasteiger partial charge in [-0.25, -0.2) is 0 Å². The van der Waals surface area contributed by atoms with Crippen LogP contribution in [-0.4, -0.2) is 44.8 Å². The van der Waals surface area contributed by atoms with Crippen molar-refractivity contribution >= 4 is 0 Å². The van der Waals surface area contributed by atoms with E-state index in [1.165, 1.54) is 11.1 Å². The third kappa shape index (κ3) is 5.61. The monoisotopic (exact) mass is 278 g/mol. The predicted molar refractivity (Wildman–Crippen MR) is 86.2 cm³/mol. The number of nitrogens with zero attached hydrogens (tertiary/aromatic N) is 1. The van der Waals surface area contributed by atoms with Crippen molar-refractivity contribution in [1.29, 1.82) is 0 Å². The standard InChI is InChI=1S/C17H30N2O/c1-5-19(13-14-20-6-2)12-11-17(18-4)16-10-8-7-9-15(16)3/h7-10,17-18H,5-6,11-14H2,1-4H3. The van der Waals surface area contributed by atoms with Crippen LogP contribution in [0.25, 0.3) is 0 Å². The zero-order valence-corrected chi connectivity index (χ0v) is 13.5. The molecule has 1 aromatic carbocycles. The van der Waals surface area contributed by atoms with E-state index in [1.54, 1.807) is 0 Å². The van der Waals surface area contributed by atoms with Crippen molar-refractivity contribution in [3.63, 3.8) is 0 Å². The molecule has 0 radical (unpaired) electrons. The highest BCUT2D eigenvalue weighted by atomic mass is 16.5. The van der Waals surface area contributed by atoms with Crippen molar-refractivity contribution < 1.29 is 4.74 Å². The van der Waals surface area contributed by atoms with Crippen LogP contribution in [0.15, 0.2) is 24.3 Å². The molecule has 3 heteroatoms. The van der Waals surface area contributed by atoms with Crippen LogP contribution >= 0.6 is 0 Å². The summed E-state index contributed by atoms with van der Waals surface area (Å²) >= 11 is 0. The average molecular weight is 278 g/mol. The number of hydrogen-bond donors (Lipinski definition) is 1. The van der Waals surface area contributed by atoms with E-state index in [4.69, 9.17) is 4.74 Å². The van der Waals surface area contributed by atoms with Crippen LogP contribution in [-0.2, 0) is 4.74 Å². The van der Waals surface area contributed by atoms with Gasteiger partial charge in [0, 0.05) is 25.7 Å². The number of aryl methyl sites for hydroxylation is 1. The largest absolute Gasteiger partial charge is 0.380 e. The number of likely N-dealkylation sites (N-methyl/N-ethyl adjacent to an activating group) is 1. The molecule has 0 aliphatic heterocycles. The summed E-state index contributed by atoms with van der Waals surface area (Å²) in [5.41, 5.74) is 2.78. The highest BCUT2D eigenvalue weighted by molar-refractivity contribution is 5.28. The van der Waals surface area contributed by atoms with E-state index in [0.717, 1.165) is 39.3 Å². The number of ether oxygens (including phenoxy) is 1. The fourth-order valence-electron chi connectivity index (χ4n) is 2.51. The second kappa shape index (κ2) is 9.92. The van der Waals surface area contributed by atoms with E-state index in [-0.39, 0.29) is 0 Å². The fraction of sp³-hybridized carbons (Fsp3) is 0.647. The van der Waals surface area contributed by atoms with Gasteiger partial charge in [0.2, 0.25) is 0 Å². The first-order chi connectivity index (χ1) is 9.72. The van der Waals surface area contributed by atoms with E-state index in [0.29, 0.717) is 6.04 Å². The van der Waals surface area contributed by atoms with Gasteiger partial charge in [-0.15, -0.1) is 0 Å².